The van der Waals surface area contributed by atoms with Crippen LogP contribution in [0, 0.1) is 5.92 Å². The van der Waals surface area contributed by atoms with E-state index in [4.69, 9.17) is 0 Å². The highest BCUT2D eigenvalue weighted by molar-refractivity contribution is 7.12. The molecule has 126 valence electrons. The topological polar surface area (TPSA) is 61.4 Å². The van der Waals surface area contributed by atoms with Crippen molar-refractivity contribution < 1.29 is 9.59 Å². The maximum Gasteiger partial charge on any atom is 0.265 e. The molecule has 5 nitrogen and oxygen atoms in total. The van der Waals surface area contributed by atoms with E-state index < -0.39 is 0 Å². The van der Waals surface area contributed by atoms with Gasteiger partial charge in [-0.3, -0.25) is 9.59 Å². The van der Waals surface area contributed by atoms with E-state index in [0.717, 1.165) is 26.1 Å². The average molecular weight is 343 g/mol. The van der Waals surface area contributed by atoms with Gasteiger partial charge in [-0.15, -0.1) is 11.3 Å². The fourth-order valence-electron chi connectivity index (χ4n) is 3.01. The second kappa shape index (κ2) is 7.59. The Hall–Kier alpha value is -2.18. The van der Waals surface area contributed by atoms with E-state index in [2.05, 4.69) is 10.6 Å². The van der Waals surface area contributed by atoms with Crippen LogP contribution in [0.2, 0.25) is 0 Å². The Morgan fingerprint density at radius 3 is 2.83 bits per heavy atom. The number of rotatable bonds is 5. The van der Waals surface area contributed by atoms with Gasteiger partial charge in [0.05, 0.1) is 16.1 Å². The number of nitrogens with one attached hydrogen (secondary N) is 2. The van der Waals surface area contributed by atoms with Crippen molar-refractivity contribution in [2.45, 2.75) is 6.42 Å². The van der Waals surface area contributed by atoms with Gasteiger partial charge in [-0.2, -0.15) is 0 Å². The Kier molecular flexibility index (Phi) is 5.27. The number of nitrogens with zero attached hydrogens (tertiary/aromatic N) is 1. The number of thiophene rings is 1. The molecule has 24 heavy (non-hydrogen) atoms. The maximum atomic E-state index is 12.8. The summed E-state index contributed by atoms with van der Waals surface area (Å²) in [7, 11) is 1.93. The third-order valence-corrected chi connectivity index (χ3v) is 5.09. The highest BCUT2D eigenvalue weighted by Gasteiger charge is 2.27. The van der Waals surface area contributed by atoms with E-state index in [1.807, 2.05) is 35.5 Å². The number of anilines is 1. The quantitative estimate of drug-likeness (QED) is 0.877. The van der Waals surface area contributed by atoms with Crippen molar-refractivity contribution in [1.29, 1.82) is 0 Å². The van der Waals surface area contributed by atoms with E-state index >= 15 is 0 Å². The van der Waals surface area contributed by atoms with Gasteiger partial charge in [0.1, 0.15) is 0 Å². The summed E-state index contributed by atoms with van der Waals surface area (Å²) < 4.78 is 0. The fraction of sp³-hybridized carbons (Fsp3) is 0.333. The van der Waals surface area contributed by atoms with Crippen LogP contribution in [0.4, 0.5) is 5.69 Å². The predicted molar refractivity (Wildman–Crippen MR) is 96.7 cm³/mol. The molecule has 1 aromatic carbocycles. The Labute approximate surface area is 145 Å². The Morgan fingerprint density at radius 2 is 2.08 bits per heavy atom. The lowest BCUT2D eigenvalue weighted by Gasteiger charge is -2.19. The Morgan fingerprint density at radius 1 is 1.25 bits per heavy atom. The van der Waals surface area contributed by atoms with Crippen LogP contribution in [-0.2, 0) is 0 Å². The first-order valence-corrected chi connectivity index (χ1v) is 8.94. The zero-order valence-corrected chi connectivity index (χ0v) is 14.4. The summed E-state index contributed by atoms with van der Waals surface area (Å²) in [6.07, 6.45) is 1.01. The maximum absolute atomic E-state index is 12.8. The van der Waals surface area contributed by atoms with Crippen molar-refractivity contribution >= 4 is 28.8 Å². The SMILES string of the molecule is CNCC1CCN(C(=O)c2ccccc2NC(=O)c2cccs2)C1. The third kappa shape index (κ3) is 3.66. The van der Waals surface area contributed by atoms with Crippen molar-refractivity contribution in [1.82, 2.24) is 10.2 Å². The number of carbonyl (C=O) groups is 2. The lowest BCUT2D eigenvalue weighted by molar-refractivity contribution is 0.0788. The summed E-state index contributed by atoms with van der Waals surface area (Å²) in [5.74, 6) is 0.294. The number of benzene rings is 1. The monoisotopic (exact) mass is 343 g/mol. The van der Waals surface area contributed by atoms with E-state index in [0.29, 0.717) is 22.0 Å². The first-order valence-electron chi connectivity index (χ1n) is 8.07. The van der Waals surface area contributed by atoms with E-state index in [-0.39, 0.29) is 11.8 Å². The van der Waals surface area contributed by atoms with Crippen LogP contribution in [0.15, 0.2) is 41.8 Å². The number of hydrogen-bond acceptors (Lipinski definition) is 4. The summed E-state index contributed by atoms with van der Waals surface area (Å²) in [5.41, 5.74) is 1.12. The molecular weight excluding hydrogens is 322 g/mol. The van der Waals surface area contributed by atoms with Crippen LogP contribution in [0.5, 0.6) is 0 Å². The molecule has 1 saturated heterocycles. The highest BCUT2D eigenvalue weighted by atomic mass is 32.1. The molecule has 1 aliphatic heterocycles. The minimum absolute atomic E-state index is 0.0179. The molecule has 3 rings (SSSR count). The van der Waals surface area contributed by atoms with Gasteiger partial charge in [-0.25, -0.2) is 0 Å². The summed E-state index contributed by atoms with van der Waals surface area (Å²) in [4.78, 5) is 27.6. The van der Waals surface area contributed by atoms with Gasteiger partial charge in [-0.1, -0.05) is 18.2 Å². The summed E-state index contributed by atoms with van der Waals surface area (Å²) in [5, 5.41) is 7.89. The molecule has 1 aromatic heterocycles. The first kappa shape index (κ1) is 16.7. The second-order valence-electron chi connectivity index (χ2n) is 5.94. The second-order valence-corrected chi connectivity index (χ2v) is 6.89. The molecule has 2 N–H and O–H groups in total. The summed E-state index contributed by atoms with van der Waals surface area (Å²) >= 11 is 1.38. The van der Waals surface area contributed by atoms with Crippen molar-refractivity contribution in [3.05, 3.63) is 52.2 Å². The molecule has 1 aliphatic rings. The Bertz CT molecular complexity index is 715. The lowest BCUT2D eigenvalue weighted by atomic mass is 10.1. The van der Waals surface area contributed by atoms with E-state index in [1.54, 1.807) is 18.2 Å². The van der Waals surface area contributed by atoms with Gasteiger partial charge < -0.3 is 15.5 Å². The molecule has 0 saturated carbocycles. The van der Waals surface area contributed by atoms with E-state index in [9.17, 15) is 9.59 Å². The van der Waals surface area contributed by atoms with Crippen LogP contribution in [-0.4, -0.2) is 43.4 Å². The zero-order chi connectivity index (χ0) is 16.9. The molecule has 1 atom stereocenters. The lowest BCUT2D eigenvalue weighted by Crippen LogP contribution is -2.31. The summed E-state index contributed by atoms with van der Waals surface area (Å²) in [6, 6.07) is 10.8. The van der Waals surface area contributed by atoms with Gasteiger partial charge in [0.25, 0.3) is 11.8 Å². The molecule has 0 spiro atoms. The molecule has 1 unspecified atom stereocenters. The minimum Gasteiger partial charge on any atom is -0.338 e. The molecular formula is C18H21N3O2S. The number of carbonyl (C=O) groups excluding carboxylic acids is 2. The van der Waals surface area contributed by atoms with Gasteiger partial charge in [-0.05, 0) is 49.5 Å². The van der Waals surface area contributed by atoms with Gasteiger partial charge in [0.2, 0.25) is 0 Å². The van der Waals surface area contributed by atoms with Crippen molar-refractivity contribution in [2.24, 2.45) is 5.92 Å². The van der Waals surface area contributed by atoms with Crippen molar-refractivity contribution in [2.75, 3.05) is 32.0 Å². The van der Waals surface area contributed by atoms with Gasteiger partial charge in [0, 0.05) is 13.1 Å². The molecule has 2 heterocycles. The first-order chi connectivity index (χ1) is 11.7. The molecule has 0 bridgehead atoms. The zero-order valence-electron chi connectivity index (χ0n) is 13.6. The van der Waals surface area contributed by atoms with Crippen LogP contribution < -0.4 is 10.6 Å². The van der Waals surface area contributed by atoms with Gasteiger partial charge >= 0.3 is 0 Å². The Balaban J connectivity index is 1.74. The van der Waals surface area contributed by atoms with Gasteiger partial charge in [0.15, 0.2) is 0 Å². The average Bonchev–Trinajstić information content (AvgIpc) is 3.27. The van der Waals surface area contributed by atoms with E-state index in [1.165, 1.54) is 11.3 Å². The normalized spacial score (nSPS) is 17.0. The largest absolute Gasteiger partial charge is 0.338 e. The van der Waals surface area contributed by atoms with Crippen molar-refractivity contribution in [3.63, 3.8) is 0 Å². The molecule has 2 aromatic rings. The minimum atomic E-state index is -0.181. The van der Waals surface area contributed by atoms with Crippen LogP contribution in [0.25, 0.3) is 0 Å². The molecule has 0 radical (unpaired) electrons. The molecule has 0 aliphatic carbocycles. The number of hydrogen-bond donors (Lipinski definition) is 2. The molecule has 6 heteroatoms. The third-order valence-electron chi connectivity index (χ3n) is 4.22. The number of amides is 2. The van der Waals surface area contributed by atoms with Crippen molar-refractivity contribution in [3.8, 4) is 0 Å². The predicted octanol–water partition coefficient (Wildman–Crippen LogP) is 2.68. The van der Waals surface area contributed by atoms with Crippen LogP contribution in [0.3, 0.4) is 0 Å². The number of likely N-dealkylation sites (tertiary alicyclic amines) is 1. The summed E-state index contributed by atoms with van der Waals surface area (Å²) in [6.45, 7) is 2.44. The standard InChI is InChI=1S/C18H21N3O2S/c1-19-11-13-8-9-21(12-13)18(23)14-5-2-3-6-15(14)20-17(22)16-7-4-10-24-16/h2-7,10,13,19H,8-9,11-12H2,1H3,(H,20,22). The molecule has 2 amide bonds. The fourth-order valence-corrected chi connectivity index (χ4v) is 3.63. The number of para-hydroxylation sites is 1. The highest BCUT2D eigenvalue weighted by Crippen LogP contribution is 2.23. The molecule has 1 fully saturated rings. The van der Waals surface area contributed by atoms with Crippen LogP contribution in [0.1, 0.15) is 26.5 Å². The van der Waals surface area contributed by atoms with Crippen LogP contribution >= 0.6 is 11.3 Å². The smallest absolute Gasteiger partial charge is 0.265 e.